The molecule has 0 aliphatic carbocycles. The third-order valence-corrected chi connectivity index (χ3v) is 9.20. The molecule has 0 bridgehead atoms. The molecule has 10 heteroatoms. The zero-order valence-electron chi connectivity index (χ0n) is 30.4. The van der Waals surface area contributed by atoms with Crippen molar-refractivity contribution in [2.45, 2.75) is 76.7 Å². The summed E-state index contributed by atoms with van der Waals surface area (Å²) in [6.07, 6.45) is 7.82. The van der Waals surface area contributed by atoms with Crippen LogP contribution in [0.4, 0.5) is 0 Å². The molecule has 2 unspecified atom stereocenters. The lowest BCUT2D eigenvalue weighted by Gasteiger charge is -2.29. The van der Waals surface area contributed by atoms with Crippen LogP contribution >= 0.6 is 0 Å². The van der Waals surface area contributed by atoms with Gasteiger partial charge in [0.25, 0.3) is 0 Å². The lowest BCUT2D eigenvalue weighted by molar-refractivity contribution is 0.0973. The number of Topliss-reactive ketones (excluding diaryl/α,β-unsaturated/α-hetero) is 1. The average Bonchev–Trinajstić information content (AvgIpc) is 3.13. The van der Waals surface area contributed by atoms with Crippen LogP contribution in [0.5, 0.6) is 51.7 Å². The minimum atomic E-state index is -0.713. The Balaban J connectivity index is 1.52. The first-order valence-electron chi connectivity index (χ1n) is 17.5. The van der Waals surface area contributed by atoms with Crippen molar-refractivity contribution in [3.05, 3.63) is 101 Å². The number of phenolic OH excluding ortho intramolecular Hbond substituents is 5. The number of rotatable bonds is 20. The zero-order valence-corrected chi connectivity index (χ0v) is 30.4. The van der Waals surface area contributed by atoms with E-state index in [1.807, 2.05) is 19.1 Å². The first-order valence-corrected chi connectivity index (χ1v) is 17.5. The third-order valence-electron chi connectivity index (χ3n) is 9.20. The third kappa shape index (κ3) is 9.63. The molecule has 52 heavy (non-hydrogen) atoms. The van der Waals surface area contributed by atoms with Crippen molar-refractivity contribution in [1.82, 2.24) is 0 Å². The van der Waals surface area contributed by atoms with Crippen LogP contribution in [0.25, 0.3) is 0 Å². The van der Waals surface area contributed by atoms with Gasteiger partial charge in [-0.1, -0.05) is 50.0 Å². The summed E-state index contributed by atoms with van der Waals surface area (Å²) in [5, 5.41) is 52.0. The van der Waals surface area contributed by atoms with Crippen LogP contribution in [-0.4, -0.2) is 58.7 Å². The number of methoxy groups -OCH3 is 3. The first-order chi connectivity index (χ1) is 25.0. The number of carbonyl (C=O) groups is 1. The Morgan fingerprint density at radius 3 is 1.94 bits per heavy atom. The van der Waals surface area contributed by atoms with Crippen LogP contribution in [0.15, 0.2) is 73.3 Å². The van der Waals surface area contributed by atoms with Gasteiger partial charge in [0.1, 0.15) is 23.2 Å². The SMILES string of the molecule is C=CCc1cc(OC)c(OC(C)C(c2ccc(O)c(OC)c2)c2ccc(O)c(C(=O)CCCCCCCCc3ccc(O)c(O)c3)c2O)c(OC)c1. The summed E-state index contributed by atoms with van der Waals surface area (Å²) in [5.41, 5.74) is 2.68. The summed E-state index contributed by atoms with van der Waals surface area (Å²) in [5.74, 6) is -0.628. The Hall–Kier alpha value is -5.51. The van der Waals surface area contributed by atoms with E-state index in [0.29, 0.717) is 41.2 Å². The predicted molar refractivity (Wildman–Crippen MR) is 200 cm³/mol. The fourth-order valence-electron chi connectivity index (χ4n) is 6.47. The fraction of sp³-hybridized carbons (Fsp3) is 0.357. The monoisotopic (exact) mass is 714 g/mol. The summed E-state index contributed by atoms with van der Waals surface area (Å²) in [6, 6.07) is 16.3. The number of unbranched alkanes of at least 4 members (excludes halogenated alkanes) is 5. The second-order valence-corrected chi connectivity index (χ2v) is 12.8. The molecular weight excluding hydrogens is 664 g/mol. The summed E-state index contributed by atoms with van der Waals surface area (Å²) in [4.78, 5) is 13.5. The highest BCUT2D eigenvalue weighted by atomic mass is 16.5. The molecule has 2 atom stereocenters. The molecule has 0 spiro atoms. The van der Waals surface area contributed by atoms with E-state index in [0.717, 1.165) is 49.7 Å². The van der Waals surface area contributed by atoms with E-state index >= 15 is 0 Å². The Kier molecular flexibility index (Phi) is 14.1. The van der Waals surface area contributed by atoms with Gasteiger partial charge in [-0.15, -0.1) is 6.58 Å². The molecule has 0 heterocycles. The van der Waals surface area contributed by atoms with E-state index in [9.17, 15) is 30.3 Å². The molecule has 10 nitrogen and oxygen atoms in total. The Bertz CT molecular complexity index is 1810. The quantitative estimate of drug-likeness (QED) is 0.0260. The minimum Gasteiger partial charge on any atom is -0.507 e. The summed E-state index contributed by atoms with van der Waals surface area (Å²) >= 11 is 0. The topological polar surface area (TPSA) is 155 Å². The van der Waals surface area contributed by atoms with Crippen molar-refractivity contribution in [3.8, 4) is 51.7 Å². The van der Waals surface area contributed by atoms with Crippen LogP contribution < -0.4 is 18.9 Å². The van der Waals surface area contributed by atoms with Gasteiger partial charge < -0.3 is 44.5 Å². The van der Waals surface area contributed by atoms with Gasteiger partial charge in [-0.3, -0.25) is 4.79 Å². The standard InChI is InChI=1S/C42H50O10/c1-6-13-28-23-37(50-4)42(38(24-28)51-5)52-26(2)39(29-17-20-32(44)36(25-29)49-3)30-18-21-34(46)40(41(30)48)33(45)15-12-10-8-7-9-11-14-27-16-19-31(43)35(47)22-27/h6,16-26,39,43-44,46-48H,1,7-15H2,2-5H3. The number of hydrogen-bond acceptors (Lipinski definition) is 10. The molecule has 0 radical (unpaired) electrons. The van der Waals surface area contributed by atoms with Crippen molar-refractivity contribution >= 4 is 5.78 Å². The number of ketones is 1. The second kappa shape index (κ2) is 18.6. The molecule has 0 aliphatic heterocycles. The number of phenols is 5. The maximum Gasteiger partial charge on any atom is 0.203 e. The lowest BCUT2D eigenvalue weighted by atomic mass is 9.84. The molecule has 4 rings (SSSR count). The highest BCUT2D eigenvalue weighted by molar-refractivity contribution is 6.01. The second-order valence-electron chi connectivity index (χ2n) is 12.8. The lowest BCUT2D eigenvalue weighted by Crippen LogP contribution is -2.24. The van der Waals surface area contributed by atoms with Crippen molar-refractivity contribution in [1.29, 1.82) is 0 Å². The van der Waals surface area contributed by atoms with E-state index in [-0.39, 0.29) is 52.3 Å². The molecule has 0 saturated heterocycles. The van der Waals surface area contributed by atoms with Gasteiger partial charge in [-0.25, -0.2) is 0 Å². The predicted octanol–water partition coefficient (Wildman–Crippen LogP) is 8.72. The fourth-order valence-corrected chi connectivity index (χ4v) is 6.47. The number of benzene rings is 4. The highest BCUT2D eigenvalue weighted by Gasteiger charge is 2.31. The van der Waals surface area contributed by atoms with E-state index in [4.69, 9.17) is 18.9 Å². The molecule has 4 aromatic carbocycles. The van der Waals surface area contributed by atoms with Crippen LogP contribution in [0.3, 0.4) is 0 Å². The molecule has 278 valence electrons. The summed E-state index contributed by atoms with van der Waals surface area (Å²) < 4.78 is 23.3. The van der Waals surface area contributed by atoms with Crippen LogP contribution in [-0.2, 0) is 12.8 Å². The Morgan fingerprint density at radius 2 is 1.31 bits per heavy atom. The molecule has 0 saturated carbocycles. The number of aryl methyl sites for hydroxylation is 1. The van der Waals surface area contributed by atoms with Gasteiger partial charge >= 0.3 is 0 Å². The average molecular weight is 715 g/mol. The van der Waals surface area contributed by atoms with Crippen molar-refractivity contribution < 1.29 is 49.3 Å². The van der Waals surface area contributed by atoms with Crippen molar-refractivity contribution in [2.24, 2.45) is 0 Å². The van der Waals surface area contributed by atoms with Gasteiger partial charge in [0.2, 0.25) is 5.75 Å². The molecule has 0 aliphatic rings. The number of hydrogen-bond donors (Lipinski definition) is 5. The van der Waals surface area contributed by atoms with Gasteiger partial charge in [0, 0.05) is 17.9 Å². The summed E-state index contributed by atoms with van der Waals surface area (Å²) in [7, 11) is 4.50. The van der Waals surface area contributed by atoms with Crippen LogP contribution in [0.1, 0.15) is 90.4 Å². The smallest absolute Gasteiger partial charge is 0.203 e. The number of allylic oxidation sites excluding steroid dienone is 1. The molecular formula is C42H50O10. The Morgan fingerprint density at radius 1 is 0.692 bits per heavy atom. The van der Waals surface area contributed by atoms with Gasteiger partial charge in [0.15, 0.2) is 40.3 Å². The van der Waals surface area contributed by atoms with Crippen molar-refractivity contribution in [2.75, 3.05) is 21.3 Å². The Labute approximate surface area is 305 Å². The van der Waals surface area contributed by atoms with Crippen LogP contribution in [0, 0.1) is 0 Å². The summed E-state index contributed by atoms with van der Waals surface area (Å²) in [6.45, 7) is 5.62. The van der Waals surface area contributed by atoms with Gasteiger partial charge in [0.05, 0.1) is 21.3 Å². The van der Waals surface area contributed by atoms with E-state index < -0.39 is 12.0 Å². The highest BCUT2D eigenvalue weighted by Crippen LogP contribution is 2.45. The van der Waals surface area contributed by atoms with Crippen molar-refractivity contribution in [3.63, 3.8) is 0 Å². The molecule has 4 aromatic rings. The molecule has 0 amide bonds. The van der Waals surface area contributed by atoms with E-state index in [2.05, 4.69) is 6.58 Å². The van der Waals surface area contributed by atoms with E-state index in [1.54, 1.807) is 36.4 Å². The molecule has 0 aromatic heterocycles. The molecule has 5 N–H and O–H groups in total. The maximum atomic E-state index is 13.5. The zero-order chi connectivity index (χ0) is 37.8. The van der Waals surface area contributed by atoms with E-state index in [1.165, 1.54) is 39.5 Å². The largest absolute Gasteiger partial charge is 0.507 e. The minimum absolute atomic E-state index is 0.0665. The van der Waals surface area contributed by atoms with Gasteiger partial charge in [-0.2, -0.15) is 0 Å². The normalized spacial score (nSPS) is 12.2. The number of ether oxygens (including phenoxy) is 4. The van der Waals surface area contributed by atoms with Crippen LogP contribution in [0.2, 0.25) is 0 Å². The van der Waals surface area contributed by atoms with Gasteiger partial charge in [-0.05, 0) is 91.8 Å². The molecule has 0 fully saturated rings. The number of aromatic hydroxyl groups is 5. The first kappa shape index (κ1) is 39.3. The maximum absolute atomic E-state index is 13.5. The number of carbonyl (C=O) groups excluding carboxylic acids is 1.